The van der Waals surface area contributed by atoms with Crippen molar-refractivity contribution in [1.82, 2.24) is 0 Å². The van der Waals surface area contributed by atoms with Gasteiger partial charge in [-0.05, 0) is 17.7 Å². The number of aliphatic hydroxyl groups excluding tert-OH is 1. The van der Waals surface area contributed by atoms with Gasteiger partial charge in [0.25, 0.3) is 0 Å². The van der Waals surface area contributed by atoms with Crippen LogP contribution in [0.1, 0.15) is 18.6 Å². The van der Waals surface area contributed by atoms with Gasteiger partial charge in [-0.3, -0.25) is 4.79 Å². The third-order valence-electron chi connectivity index (χ3n) is 1.74. The lowest BCUT2D eigenvalue weighted by atomic mass is 10.1. The smallest absolute Gasteiger partial charge is 0.302 e. The number of benzene rings is 1. The van der Waals surface area contributed by atoms with E-state index in [9.17, 15) is 9.90 Å². The Bertz CT molecular complexity index is 325. The highest BCUT2D eigenvalue weighted by molar-refractivity contribution is 5.65. The first-order valence-electron chi connectivity index (χ1n) is 4.26. The highest BCUT2D eigenvalue weighted by atomic mass is 16.5. The summed E-state index contributed by atoms with van der Waals surface area (Å²) in [7, 11) is 0. The van der Waals surface area contributed by atoms with Gasteiger partial charge in [-0.1, -0.05) is 12.1 Å². The van der Waals surface area contributed by atoms with Gasteiger partial charge in [0.15, 0.2) is 0 Å². The van der Waals surface area contributed by atoms with E-state index in [-0.39, 0.29) is 6.61 Å². The predicted octanol–water partition coefficient (Wildman–Crippen LogP) is 0.865. The summed E-state index contributed by atoms with van der Waals surface area (Å²) >= 11 is 0. The molecule has 4 nitrogen and oxygen atoms in total. The molecule has 0 bridgehead atoms. The molecule has 0 fully saturated rings. The van der Waals surface area contributed by atoms with E-state index >= 15 is 0 Å². The molecule has 1 unspecified atom stereocenters. The van der Waals surface area contributed by atoms with Gasteiger partial charge >= 0.3 is 5.97 Å². The normalized spacial score (nSPS) is 12.1. The first-order chi connectivity index (χ1) is 6.59. The van der Waals surface area contributed by atoms with Gasteiger partial charge in [0, 0.05) is 12.6 Å². The highest BCUT2D eigenvalue weighted by Crippen LogP contribution is 2.15. The third-order valence-corrected chi connectivity index (χ3v) is 1.74. The van der Waals surface area contributed by atoms with Crippen LogP contribution in [0.5, 0.6) is 0 Å². The Morgan fingerprint density at radius 2 is 2.36 bits per heavy atom. The zero-order valence-electron chi connectivity index (χ0n) is 7.93. The molecule has 0 spiro atoms. The van der Waals surface area contributed by atoms with E-state index in [1.165, 1.54) is 6.92 Å². The van der Waals surface area contributed by atoms with E-state index in [0.29, 0.717) is 11.3 Å². The summed E-state index contributed by atoms with van der Waals surface area (Å²) in [5, 5.41) is 9.56. The summed E-state index contributed by atoms with van der Waals surface area (Å²) in [6, 6.07) is 6.84. The Labute approximate surface area is 82.3 Å². The molecule has 76 valence electrons. The number of esters is 1. The maximum atomic E-state index is 10.5. The number of aliphatic hydroxyl groups is 1. The van der Waals surface area contributed by atoms with Crippen LogP contribution in [0.15, 0.2) is 24.3 Å². The molecule has 3 N–H and O–H groups in total. The molecule has 1 rings (SSSR count). The standard InChI is InChI=1S/C10H13NO3/c1-7(12)14-6-10(13)8-3-2-4-9(11)5-8/h2-5,10,13H,6,11H2,1H3. The fourth-order valence-electron chi connectivity index (χ4n) is 1.06. The number of carbonyl (C=O) groups excluding carboxylic acids is 1. The van der Waals surface area contributed by atoms with Crippen molar-refractivity contribution < 1.29 is 14.6 Å². The van der Waals surface area contributed by atoms with E-state index in [0.717, 1.165) is 0 Å². The van der Waals surface area contributed by atoms with Crippen LogP contribution >= 0.6 is 0 Å². The quantitative estimate of drug-likeness (QED) is 0.554. The highest BCUT2D eigenvalue weighted by Gasteiger charge is 2.08. The second-order valence-corrected chi connectivity index (χ2v) is 2.99. The van der Waals surface area contributed by atoms with Crippen molar-refractivity contribution in [2.45, 2.75) is 13.0 Å². The van der Waals surface area contributed by atoms with Gasteiger partial charge in [-0.15, -0.1) is 0 Å². The lowest BCUT2D eigenvalue weighted by Gasteiger charge is -2.10. The van der Waals surface area contributed by atoms with E-state index < -0.39 is 12.1 Å². The molecule has 1 aromatic carbocycles. The number of nitrogen functional groups attached to an aromatic ring is 1. The average molecular weight is 195 g/mol. The largest absolute Gasteiger partial charge is 0.463 e. The van der Waals surface area contributed by atoms with Crippen LogP contribution < -0.4 is 5.73 Å². The van der Waals surface area contributed by atoms with E-state index in [1.54, 1.807) is 24.3 Å². The maximum absolute atomic E-state index is 10.5. The summed E-state index contributed by atoms with van der Waals surface area (Å²) in [5.41, 5.74) is 6.75. The van der Waals surface area contributed by atoms with Gasteiger partial charge in [0.1, 0.15) is 12.7 Å². The number of nitrogens with two attached hydrogens (primary N) is 1. The molecule has 0 aliphatic carbocycles. The van der Waals surface area contributed by atoms with Crippen LogP contribution in [-0.4, -0.2) is 17.7 Å². The third kappa shape index (κ3) is 3.06. The molecule has 0 amide bonds. The zero-order chi connectivity index (χ0) is 10.6. The minimum Gasteiger partial charge on any atom is -0.463 e. The van der Waals surface area contributed by atoms with Crippen molar-refractivity contribution in [1.29, 1.82) is 0 Å². The van der Waals surface area contributed by atoms with Gasteiger partial charge < -0.3 is 15.6 Å². The van der Waals surface area contributed by atoms with Crippen LogP contribution in [0, 0.1) is 0 Å². The van der Waals surface area contributed by atoms with Crippen LogP contribution in [-0.2, 0) is 9.53 Å². The Morgan fingerprint density at radius 1 is 1.64 bits per heavy atom. The van der Waals surface area contributed by atoms with Crippen LogP contribution in [0.3, 0.4) is 0 Å². The molecule has 0 heterocycles. The van der Waals surface area contributed by atoms with E-state index in [1.807, 2.05) is 0 Å². The molecular weight excluding hydrogens is 182 g/mol. The van der Waals surface area contributed by atoms with Gasteiger partial charge in [0.05, 0.1) is 0 Å². The number of hydrogen-bond acceptors (Lipinski definition) is 4. The fourth-order valence-corrected chi connectivity index (χ4v) is 1.06. The van der Waals surface area contributed by atoms with Crippen molar-refractivity contribution in [2.24, 2.45) is 0 Å². The van der Waals surface area contributed by atoms with Crippen molar-refractivity contribution in [3.8, 4) is 0 Å². The molecule has 1 aromatic rings. The summed E-state index contributed by atoms with van der Waals surface area (Å²) in [6.07, 6.45) is -0.817. The number of rotatable bonds is 3. The Morgan fingerprint density at radius 3 is 2.93 bits per heavy atom. The number of hydrogen-bond donors (Lipinski definition) is 2. The topological polar surface area (TPSA) is 72.5 Å². The number of carbonyl (C=O) groups is 1. The summed E-state index contributed by atoms with van der Waals surface area (Å²) in [5.74, 6) is -0.409. The van der Waals surface area contributed by atoms with Gasteiger partial charge in [-0.2, -0.15) is 0 Å². The molecule has 4 heteroatoms. The summed E-state index contributed by atoms with van der Waals surface area (Å²) < 4.78 is 4.67. The minimum atomic E-state index is -0.817. The summed E-state index contributed by atoms with van der Waals surface area (Å²) in [4.78, 5) is 10.5. The number of anilines is 1. The fraction of sp³-hybridized carbons (Fsp3) is 0.300. The lowest BCUT2D eigenvalue weighted by Crippen LogP contribution is -2.10. The van der Waals surface area contributed by atoms with Crippen molar-refractivity contribution in [2.75, 3.05) is 12.3 Å². The Balaban J connectivity index is 2.60. The predicted molar refractivity (Wildman–Crippen MR) is 52.4 cm³/mol. The van der Waals surface area contributed by atoms with Crippen molar-refractivity contribution in [3.05, 3.63) is 29.8 Å². The Hall–Kier alpha value is -1.55. The SMILES string of the molecule is CC(=O)OCC(O)c1cccc(N)c1. The first kappa shape index (κ1) is 10.5. The number of ether oxygens (including phenoxy) is 1. The Kier molecular flexibility index (Phi) is 3.48. The average Bonchev–Trinajstić information content (AvgIpc) is 2.14. The van der Waals surface area contributed by atoms with Crippen LogP contribution in [0.25, 0.3) is 0 Å². The first-order valence-corrected chi connectivity index (χ1v) is 4.26. The molecule has 0 aromatic heterocycles. The molecule has 0 aliphatic rings. The monoisotopic (exact) mass is 195 g/mol. The van der Waals surface area contributed by atoms with E-state index in [4.69, 9.17) is 5.73 Å². The van der Waals surface area contributed by atoms with E-state index in [2.05, 4.69) is 4.74 Å². The van der Waals surface area contributed by atoms with Crippen LogP contribution in [0.4, 0.5) is 5.69 Å². The van der Waals surface area contributed by atoms with Crippen molar-refractivity contribution in [3.63, 3.8) is 0 Å². The zero-order valence-corrected chi connectivity index (χ0v) is 7.93. The minimum absolute atomic E-state index is 0.0429. The molecule has 0 aliphatic heterocycles. The molecule has 14 heavy (non-hydrogen) atoms. The summed E-state index contributed by atoms with van der Waals surface area (Å²) in [6.45, 7) is 1.25. The molecule has 0 saturated carbocycles. The molecule has 0 radical (unpaired) electrons. The maximum Gasteiger partial charge on any atom is 0.302 e. The molecular formula is C10H13NO3. The van der Waals surface area contributed by atoms with Crippen LogP contribution in [0.2, 0.25) is 0 Å². The lowest BCUT2D eigenvalue weighted by molar-refractivity contribution is -0.144. The van der Waals surface area contributed by atoms with Gasteiger partial charge in [-0.25, -0.2) is 0 Å². The second kappa shape index (κ2) is 4.62. The van der Waals surface area contributed by atoms with Crippen molar-refractivity contribution >= 4 is 11.7 Å². The molecule has 1 atom stereocenters. The molecule has 0 saturated heterocycles. The van der Waals surface area contributed by atoms with Gasteiger partial charge in [0.2, 0.25) is 0 Å². The second-order valence-electron chi connectivity index (χ2n) is 2.99.